The Morgan fingerprint density at radius 2 is 2.11 bits per heavy atom. The molecule has 0 spiro atoms. The number of rotatable bonds is 4. The SMILES string of the molecule is O=C(O)CC=Cc1ccc(OC(F)(F)F)cc1Cl. The smallest absolute Gasteiger partial charge is 0.481 e. The Morgan fingerprint density at radius 1 is 1.44 bits per heavy atom. The zero-order valence-electron chi connectivity index (χ0n) is 8.87. The van der Waals surface area contributed by atoms with Gasteiger partial charge in [0.1, 0.15) is 5.75 Å². The Kier molecular flexibility index (Phi) is 4.61. The molecular weight excluding hydrogens is 273 g/mol. The van der Waals surface area contributed by atoms with E-state index in [1.165, 1.54) is 18.2 Å². The molecule has 0 aliphatic heterocycles. The van der Waals surface area contributed by atoms with Crippen molar-refractivity contribution >= 4 is 23.6 Å². The Labute approximate surface area is 105 Å². The van der Waals surface area contributed by atoms with E-state index in [0.717, 1.165) is 12.1 Å². The molecule has 0 amide bonds. The molecule has 0 aromatic heterocycles. The van der Waals surface area contributed by atoms with Crippen LogP contribution in [-0.4, -0.2) is 17.4 Å². The standard InChI is InChI=1S/C11H8ClF3O3/c12-9-6-8(18-11(13,14)15)5-4-7(9)2-1-3-10(16)17/h1-2,4-6H,3H2,(H,16,17). The minimum atomic E-state index is -4.77. The number of carbonyl (C=O) groups is 1. The molecule has 3 nitrogen and oxygen atoms in total. The van der Waals surface area contributed by atoms with Gasteiger partial charge in [-0.15, -0.1) is 13.2 Å². The second-order valence-electron chi connectivity index (χ2n) is 3.23. The van der Waals surface area contributed by atoms with Crippen molar-refractivity contribution in [2.24, 2.45) is 0 Å². The van der Waals surface area contributed by atoms with Crippen molar-refractivity contribution in [3.63, 3.8) is 0 Å². The van der Waals surface area contributed by atoms with E-state index in [1.54, 1.807) is 0 Å². The van der Waals surface area contributed by atoms with E-state index in [9.17, 15) is 18.0 Å². The number of alkyl halides is 3. The first-order chi connectivity index (χ1) is 8.28. The molecule has 0 saturated heterocycles. The van der Waals surface area contributed by atoms with Crippen LogP contribution < -0.4 is 4.74 Å². The van der Waals surface area contributed by atoms with Gasteiger partial charge >= 0.3 is 12.3 Å². The lowest BCUT2D eigenvalue weighted by molar-refractivity contribution is -0.274. The van der Waals surface area contributed by atoms with Crippen LogP contribution in [0.5, 0.6) is 5.75 Å². The van der Waals surface area contributed by atoms with Gasteiger partial charge in [-0.3, -0.25) is 4.79 Å². The number of carboxylic acid groups (broad SMARTS) is 1. The summed E-state index contributed by atoms with van der Waals surface area (Å²) < 4.78 is 39.4. The van der Waals surface area contributed by atoms with Gasteiger partial charge in [0.2, 0.25) is 0 Å². The van der Waals surface area contributed by atoms with Crippen LogP contribution in [0.25, 0.3) is 6.08 Å². The maximum absolute atomic E-state index is 11.9. The fourth-order valence-corrected chi connectivity index (χ4v) is 1.36. The third-order valence-electron chi connectivity index (χ3n) is 1.80. The molecule has 0 heterocycles. The van der Waals surface area contributed by atoms with E-state index >= 15 is 0 Å². The Balaban J connectivity index is 2.80. The van der Waals surface area contributed by atoms with Gasteiger partial charge in [0.05, 0.1) is 11.4 Å². The molecule has 0 aliphatic rings. The van der Waals surface area contributed by atoms with Gasteiger partial charge in [-0.05, 0) is 23.8 Å². The van der Waals surface area contributed by atoms with Crippen molar-refractivity contribution < 1.29 is 27.8 Å². The van der Waals surface area contributed by atoms with Gasteiger partial charge in [-0.2, -0.15) is 0 Å². The largest absolute Gasteiger partial charge is 0.573 e. The molecule has 0 saturated carbocycles. The number of aliphatic carboxylic acids is 1. The summed E-state index contributed by atoms with van der Waals surface area (Å²) in [6.45, 7) is 0. The molecular formula is C11H8ClF3O3. The van der Waals surface area contributed by atoms with E-state index in [2.05, 4.69) is 4.74 Å². The highest BCUT2D eigenvalue weighted by molar-refractivity contribution is 6.32. The van der Waals surface area contributed by atoms with Crippen LogP contribution in [-0.2, 0) is 4.79 Å². The minimum Gasteiger partial charge on any atom is -0.481 e. The first-order valence-corrected chi connectivity index (χ1v) is 5.09. The van der Waals surface area contributed by atoms with E-state index in [4.69, 9.17) is 16.7 Å². The molecule has 0 bridgehead atoms. The maximum Gasteiger partial charge on any atom is 0.573 e. The fraction of sp³-hybridized carbons (Fsp3) is 0.182. The van der Waals surface area contributed by atoms with Crippen LogP contribution in [0.1, 0.15) is 12.0 Å². The molecule has 0 aliphatic carbocycles. The lowest BCUT2D eigenvalue weighted by Gasteiger charge is -2.09. The number of hydrogen-bond donors (Lipinski definition) is 1. The third-order valence-corrected chi connectivity index (χ3v) is 2.12. The van der Waals surface area contributed by atoms with Gasteiger partial charge in [0.15, 0.2) is 0 Å². The summed E-state index contributed by atoms with van der Waals surface area (Å²) in [5, 5.41) is 8.44. The van der Waals surface area contributed by atoms with Crippen LogP contribution in [0, 0.1) is 0 Å². The monoisotopic (exact) mass is 280 g/mol. The molecule has 1 N–H and O–H groups in total. The summed E-state index contributed by atoms with van der Waals surface area (Å²) in [6.07, 6.45) is -2.22. The molecule has 1 aromatic rings. The fourth-order valence-electron chi connectivity index (χ4n) is 1.13. The number of hydrogen-bond acceptors (Lipinski definition) is 2. The third kappa shape index (κ3) is 5.09. The highest BCUT2D eigenvalue weighted by Crippen LogP contribution is 2.28. The van der Waals surface area contributed by atoms with Crippen LogP contribution >= 0.6 is 11.6 Å². The predicted octanol–water partition coefficient (Wildman–Crippen LogP) is 3.73. The van der Waals surface area contributed by atoms with E-state index in [1.807, 2.05) is 0 Å². The summed E-state index contributed by atoms with van der Waals surface area (Å²) in [7, 11) is 0. The normalized spacial score (nSPS) is 11.8. The first kappa shape index (κ1) is 14.4. The van der Waals surface area contributed by atoms with E-state index < -0.39 is 18.1 Å². The lowest BCUT2D eigenvalue weighted by Crippen LogP contribution is -2.17. The van der Waals surface area contributed by atoms with Gasteiger partial charge in [-0.25, -0.2) is 0 Å². The highest BCUT2D eigenvalue weighted by Gasteiger charge is 2.31. The van der Waals surface area contributed by atoms with Crippen LogP contribution in [0.2, 0.25) is 5.02 Å². The zero-order chi connectivity index (χ0) is 13.8. The number of carboxylic acids is 1. The average Bonchev–Trinajstić information content (AvgIpc) is 2.18. The van der Waals surface area contributed by atoms with Gasteiger partial charge < -0.3 is 9.84 Å². The lowest BCUT2D eigenvalue weighted by atomic mass is 10.2. The zero-order valence-corrected chi connectivity index (χ0v) is 9.63. The topological polar surface area (TPSA) is 46.5 Å². The van der Waals surface area contributed by atoms with E-state index in [0.29, 0.717) is 5.56 Å². The molecule has 1 aromatic carbocycles. The average molecular weight is 281 g/mol. The summed E-state index contributed by atoms with van der Waals surface area (Å²) in [4.78, 5) is 10.3. The molecule has 0 radical (unpaired) electrons. The van der Waals surface area contributed by atoms with Crippen molar-refractivity contribution in [3.8, 4) is 5.75 Å². The number of benzene rings is 1. The second kappa shape index (κ2) is 5.77. The summed E-state index contributed by atoms with van der Waals surface area (Å²) in [5.74, 6) is -1.44. The molecule has 7 heteroatoms. The first-order valence-electron chi connectivity index (χ1n) is 4.71. The molecule has 1 rings (SSSR count). The molecule has 98 valence electrons. The van der Waals surface area contributed by atoms with Crippen LogP contribution in [0.4, 0.5) is 13.2 Å². The van der Waals surface area contributed by atoms with Crippen LogP contribution in [0.15, 0.2) is 24.3 Å². The minimum absolute atomic E-state index is 0.0402. The summed E-state index contributed by atoms with van der Waals surface area (Å²) in [5.41, 5.74) is 0.410. The Bertz CT molecular complexity index is 469. The van der Waals surface area contributed by atoms with Crippen molar-refractivity contribution in [1.82, 2.24) is 0 Å². The van der Waals surface area contributed by atoms with E-state index in [-0.39, 0.29) is 11.4 Å². The second-order valence-corrected chi connectivity index (χ2v) is 3.64. The Morgan fingerprint density at radius 3 is 2.61 bits per heavy atom. The Hall–Kier alpha value is -1.69. The van der Waals surface area contributed by atoms with Crippen molar-refractivity contribution in [2.45, 2.75) is 12.8 Å². The van der Waals surface area contributed by atoms with Crippen LogP contribution in [0.3, 0.4) is 0 Å². The number of ether oxygens (including phenoxy) is 1. The van der Waals surface area contributed by atoms with Crippen molar-refractivity contribution in [3.05, 3.63) is 34.9 Å². The maximum atomic E-state index is 11.9. The molecule has 0 atom stereocenters. The van der Waals surface area contributed by atoms with Gasteiger partial charge in [0.25, 0.3) is 0 Å². The molecule has 0 fully saturated rings. The summed E-state index contributed by atoms with van der Waals surface area (Å²) in [6, 6.07) is 3.41. The summed E-state index contributed by atoms with van der Waals surface area (Å²) >= 11 is 5.73. The molecule has 18 heavy (non-hydrogen) atoms. The molecule has 0 unspecified atom stereocenters. The highest BCUT2D eigenvalue weighted by atomic mass is 35.5. The number of halogens is 4. The van der Waals surface area contributed by atoms with Crippen molar-refractivity contribution in [2.75, 3.05) is 0 Å². The van der Waals surface area contributed by atoms with Gasteiger partial charge in [-0.1, -0.05) is 23.8 Å². The predicted molar refractivity (Wildman–Crippen MR) is 59.4 cm³/mol. The van der Waals surface area contributed by atoms with Crippen molar-refractivity contribution in [1.29, 1.82) is 0 Å². The van der Waals surface area contributed by atoms with Gasteiger partial charge in [0, 0.05) is 0 Å². The quantitative estimate of drug-likeness (QED) is 0.914.